The van der Waals surface area contributed by atoms with Crippen molar-refractivity contribution in [2.45, 2.75) is 56.7 Å². The molecule has 2 amide bonds. The molecule has 27 heavy (non-hydrogen) atoms. The molecule has 0 bridgehead atoms. The van der Waals surface area contributed by atoms with Gasteiger partial charge in [-0.2, -0.15) is 0 Å². The van der Waals surface area contributed by atoms with E-state index in [0.717, 1.165) is 42.4 Å². The second-order valence-corrected chi connectivity index (χ2v) is 8.15. The van der Waals surface area contributed by atoms with Crippen LogP contribution in [0.25, 0.3) is 0 Å². The van der Waals surface area contributed by atoms with Crippen LogP contribution in [0.15, 0.2) is 48.5 Å². The highest BCUT2D eigenvalue weighted by molar-refractivity contribution is 6.01. The number of amides is 2. The molecule has 2 atom stereocenters. The Labute approximate surface area is 159 Å². The molecular weight excluding hydrogens is 336 g/mol. The van der Waals surface area contributed by atoms with Crippen LogP contribution in [-0.2, 0) is 4.79 Å². The van der Waals surface area contributed by atoms with E-state index in [-0.39, 0.29) is 29.8 Å². The number of aryl methyl sites for hydroxylation is 1. The molecule has 5 rings (SSSR count). The summed E-state index contributed by atoms with van der Waals surface area (Å²) in [7, 11) is 0. The molecule has 3 aliphatic rings. The third-order valence-corrected chi connectivity index (χ3v) is 5.91. The minimum Gasteiger partial charge on any atom is -0.353 e. The van der Waals surface area contributed by atoms with Crippen molar-refractivity contribution < 1.29 is 9.59 Å². The second-order valence-electron chi connectivity index (χ2n) is 8.15. The maximum atomic E-state index is 13.4. The summed E-state index contributed by atoms with van der Waals surface area (Å²) >= 11 is 0. The third-order valence-electron chi connectivity index (χ3n) is 5.91. The van der Waals surface area contributed by atoms with Crippen LogP contribution in [0.5, 0.6) is 0 Å². The topological polar surface area (TPSA) is 49.4 Å². The molecule has 2 fully saturated rings. The van der Waals surface area contributed by atoms with Gasteiger partial charge in [-0.25, -0.2) is 0 Å². The Morgan fingerprint density at radius 2 is 1.81 bits per heavy atom. The van der Waals surface area contributed by atoms with E-state index in [9.17, 15) is 9.59 Å². The van der Waals surface area contributed by atoms with Gasteiger partial charge in [-0.05, 0) is 49.8 Å². The summed E-state index contributed by atoms with van der Waals surface area (Å²) in [5.74, 6) is -0.244. The van der Waals surface area contributed by atoms with Crippen molar-refractivity contribution >= 4 is 11.8 Å². The lowest BCUT2D eigenvalue weighted by atomic mass is 9.78. The van der Waals surface area contributed by atoms with Crippen LogP contribution in [0, 0.1) is 6.92 Å². The maximum Gasteiger partial charge on any atom is 0.254 e. The van der Waals surface area contributed by atoms with E-state index in [2.05, 4.69) is 30.4 Å². The van der Waals surface area contributed by atoms with Gasteiger partial charge in [0.25, 0.3) is 5.91 Å². The number of benzene rings is 2. The molecule has 2 saturated carbocycles. The number of hydrogen-bond acceptors (Lipinski definition) is 2. The lowest BCUT2D eigenvalue weighted by Gasteiger charge is -2.42. The number of hydrogen-bond donors (Lipinski definition) is 1. The molecular formula is C23H24N2O2. The molecule has 1 heterocycles. The summed E-state index contributed by atoms with van der Waals surface area (Å²) in [6, 6.07) is 16.2. The molecule has 0 saturated heterocycles. The Hall–Kier alpha value is -2.62. The molecule has 2 aliphatic carbocycles. The molecule has 1 aliphatic heterocycles. The van der Waals surface area contributed by atoms with E-state index in [0.29, 0.717) is 11.6 Å². The summed E-state index contributed by atoms with van der Waals surface area (Å²) in [6.07, 6.45) is 4.15. The summed E-state index contributed by atoms with van der Waals surface area (Å²) < 4.78 is 0. The predicted molar refractivity (Wildman–Crippen MR) is 103 cm³/mol. The molecule has 0 aromatic heterocycles. The fourth-order valence-corrected chi connectivity index (χ4v) is 4.32. The molecule has 4 nitrogen and oxygen atoms in total. The van der Waals surface area contributed by atoms with Gasteiger partial charge < -0.3 is 10.2 Å². The number of nitrogens with one attached hydrogen (secondary N) is 1. The van der Waals surface area contributed by atoms with Crippen LogP contribution in [0.2, 0.25) is 0 Å². The van der Waals surface area contributed by atoms with Crippen molar-refractivity contribution in [1.82, 2.24) is 10.2 Å². The molecule has 2 aromatic rings. The normalized spacial score (nSPS) is 24.5. The van der Waals surface area contributed by atoms with Crippen molar-refractivity contribution in [2.75, 3.05) is 0 Å². The Balaban J connectivity index is 1.67. The number of rotatable bonds is 4. The minimum atomic E-state index is -0.359. The fraction of sp³-hybridized carbons (Fsp3) is 0.391. The SMILES string of the molecule is Cc1cccc([C@H]2[C@@H](C(=O)NC3CC3)c3ccccc3C(=O)N2C2CC2)c1. The van der Waals surface area contributed by atoms with Gasteiger partial charge in [-0.1, -0.05) is 48.0 Å². The minimum absolute atomic E-state index is 0.0506. The quantitative estimate of drug-likeness (QED) is 0.903. The van der Waals surface area contributed by atoms with Gasteiger partial charge >= 0.3 is 0 Å². The lowest BCUT2D eigenvalue weighted by Crippen LogP contribution is -2.48. The molecule has 2 aromatic carbocycles. The molecule has 138 valence electrons. The predicted octanol–water partition coefficient (Wildman–Crippen LogP) is 3.72. The van der Waals surface area contributed by atoms with Gasteiger partial charge in [0.05, 0.1) is 12.0 Å². The smallest absolute Gasteiger partial charge is 0.254 e. The van der Waals surface area contributed by atoms with E-state index in [1.165, 1.54) is 0 Å². The highest BCUT2D eigenvalue weighted by Crippen LogP contribution is 2.48. The first kappa shape index (κ1) is 16.5. The van der Waals surface area contributed by atoms with E-state index >= 15 is 0 Å². The summed E-state index contributed by atoms with van der Waals surface area (Å²) in [6.45, 7) is 2.06. The Morgan fingerprint density at radius 1 is 1.04 bits per heavy atom. The Kier molecular flexibility index (Phi) is 3.81. The highest BCUT2D eigenvalue weighted by atomic mass is 16.2. The average Bonchev–Trinajstić information content (AvgIpc) is 3.56. The zero-order chi connectivity index (χ0) is 18.5. The fourth-order valence-electron chi connectivity index (χ4n) is 4.32. The van der Waals surface area contributed by atoms with Crippen molar-refractivity contribution in [3.05, 3.63) is 70.8 Å². The molecule has 0 spiro atoms. The van der Waals surface area contributed by atoms with E-state index in [1.807, 2.05) is 35.2 Å². The van der Waals surface area contributed by atoms with Gasteiger partial charge in [0.1, 0.15) is 0 Å². The van der Waals surface area contributed by atoms with Gasteiger partial charge in [-0.3, -0.25) is 9.59 Å². The van der Waals surface area contributed by atoms with Crippen LogP contribution >= 0.6 is 0 Å². The maximum absolute atomic E-state index is 13.4. The number of nitrogens with zero attached hydrogens (tertiary/aromatic N) is 1. The zero-order valence-electron chi connectivity index (χ0n) is 15.5. The van der Waals surface area contributed by atoms with Gasteiger partial charge in [0, 0.05) is 17.6 Å². The van der Waals surface area contributed by atoms with Crippen molar-refractivity contribution in [2.24, 2.45) is 0 Å². The first-order chi connectivity index (χ1) is 13.1. The largest absolute Gasteiger partial charge is 0.353 e. The first-order valence-electron chi connectivity index (χ1n) is 9.92. The Morgan fingerprint density at radius 3 is 2.52 bits per heavy atom. The van der Waals surface area contributed by atoms with Crippen LogP contribution in [0.3, 0.4) is 0 Å². The summed E-state index contributed by atoms with van der Waals surface area (Å²) in [4.78, 5) is 28.7. The van der Waals surface area contributed by atoms with Crippen LogP contribution < -0.4 is 5.32 Å². The number of fused-ring (bicyclic) bond motifs is 1. The molecule has 0 radical (unpaired) electrons. The zero-order valence-corrected chi connectivity index (χ0v) is 15.5. The van der Waals surface area contributed by atoms with Crippen molar-refractivity contribution in [3.63, 3.8) is 0 Å². The number of carbonyl (C=O) groups excluding carboxylic acids is 2. The standard InChI is InChI=1S/C23H24N2O2/c1-14-5-4-6-15(13-14)21-20(22(26)24-16-9-10-16)18-7-2-3-8-19(18)23(27)25(21)17-11-12-17/h2-8,13,16-17,20-21H,9-12H2,1H3,(H,24,26)/t20-,21-/m0/s1. The van der Waals surface area contributed by atoms with Crippen LogP contribution in [0.1, 0.15) is 64.7 Å². The van der Waals surface area contributed by atoms with E-state index in [4.69, 9.17) is 0 Å². The van der Waals surface area contributed by atoms with Gasteiger partial charge in [-0.15, -0.1) is 0 Å². The van der Waals surface area contributed by atoms with Crippen molar-refractivity contribution in [3.8, 4) is 0 Å². The van der Waals surface area contributed by atoms with E-state index < -0.39 is 0 Å². The average molecular weight is 360 g/mol. The Bertz CT molecular complexity index is 914. The first-order valence-corrected chi connectivity index (χ1v) is 9.92. The highest BCUT2D eigenvalue weighted by Gasteiger charge is 2.49. The van der Waals surface area contributed by atoms with Crippen LogP contribution in [-0.4, -0.2) is 28.8 Å². The lowest BCUT2D eigenvalue weighted by molar-refractivity contribution is -0.124. The molecule has 1 N–H and O–H groups in total. The monoisotopic (exact) mass is 360 g/mol. The summed E-state index contributed by atoms with van der Waals surface area (Å²) in [5.41, 5.74) is 3.75. The second kappa shape index (κ2) is 6.22. The number of carbonyl (C=O) groups is 2. The van der Waals surface area contributed by atoms with E-state index in [1.54, 1.807) is 0 Å². The van der Waals surface area contributed by atoms with Gasteiger partial charge in [0.15, 0.2) is 0 Å². The third kappa shape index (κ3) is 2.93. The van der Waals surface area contributed by atoms with Crippen LogP contribution in [0.4, 0.5) is 0 Å². The molecule has 4 heteroatoms. The van der Waals surface area contributed by atoms with Crippen molar-refractivity contribution in [1.29, 1.82) is 0 Å². The summed E-state index contributed by atoms with van der Waals surface area (Å²) in [5, 5.41) is 3.20. The van der Waals surface area contributed by atoms with Gasteiger partial charge in [0.2, 0.25) is 5.91 Å². The molecule has 0 unspecified atom stereocenters.